The molecule has 0 radical (unpaired) electrons. The van der Waals surface area contributed by atoms with Crippen molar-refractivity contribution >= 4 is 42.3 Å². The Morgan fingerprint density at radius 1 is 0.517 bits per heavy atom. The van der Waals surface area contributed by atoms with Gasteiger partial charge in [-0.05, 0) is 0 Å². The molecule has 0 heterocycles. The summed E-state index contributed by atoms with van der Waals surface area (Å²) in [5.41, 5.74) is 8.59. The fourth-order valence-electron chi connectivity index (χ4n) is 4.81. The summed E-state index contributed by atoms with van der Waals surface area (Å²) in [6, 6.07) is 25.4. The Hall–Kier alpha value is -1.98. The molecule has 0 saturated heterocycles. The quantitative estimate of drug-likeness (QED) is 0.295. The molecule has 0 spiro atoms. The van der Waals surface area contributed by atoms with E-state index in [4.69, 9.17) is 0 Å². The molecule has 29 heavy (non-hydrogen) atoms. The fourth-order valence-corrected chi connectivity index (χ4v) is 16.7. The summed E-state index contributed by atoms with van der Waals surface area (Å²) in [5.74, 6) is 0. The van der Waals surface area contributed by atoms with Crippen molar-refractivity contribution in [1.82, 2.24) is 0 Å². The molecule has 0 unspecified atom stereocenters. The fraction of sp³-hybridized carbons (Fsp3) is 0.214. The maximum absolute atomic E-state index is 2.54. The van der Waals surface area contributed by atoms with E-state index in [-0.39, 0.29) is 0 Å². The summed E-state index contributed by atoms with van der Waals surface area (Å²) in [6.07, 6.45) is 0. The SMILES string of the molecule is Cc1cc(C)[c]([Bi]([c]2c(C)cc(C)cc2C)[c]2cccc3ccccc23)c(C)c1. The first-order valence-corrected chi connectivity index (χ1v) is 15.5. The zero-order chi connectivity index (χ0) is 20.7. The van der Waals surface area contributed by atoms with Crippen LogP contribution in [0.2, 0.25) is 0 Å². The van der Waals surface area contributed by atoms with Crippen molar-refractivity contribution in [2.24, 2.45) is 0 Å². The van der Waals surface area contributed by atoms with Crippen molar-refractivity contribution in [2.45, 2.75) is 41.5 Å². The summed E-state index contributed by atoms with van der Waals surface area (Å²) < 4.78 is 4.90. The zero-order valence-corrected chi connectivity index (χ0v) is 21.8. The van der Waals surface area contributed by atoms with Crippen LogP contribution in [0.5, 0.6) is 0 Å². The predicted octanol–water partition coefficient (Wildman–Crippen LogP) is 5.21. The van der Waals surface area contributed by atoms with E-state index in [0.717, 1.165) is 0 Å². The van der Waals surface area contributed by atoms with Gasteiger partial charge in [0.15, 0.2) is 0 Å². The molecule has 1 heteroatoms. The van der Waals surface area contributed by atoms with E-state index in [1.807, 2.05) is 0 Å². The summed E-state index contributed by atoms with van der Waals surface area (Å²) in [6.45, 7) is 13.7. The van der Waals surface area contributed by atoms with Crippen LogP contribution >= 0.6 is 0 Å². The molecule has 0 saturated carbocycles. The monoisotopic (exact) mass is 574 g/mol. The van der Waals surface area contributed by atoms with Crippen LogP contribution in [0.1, 0.15) is 33.4 Å². The van der Waals surface area contributed by atoms with E-state index < -0.39 is 21.8 Å². The van der Waals surface area contributed by atoms with Gasteiger partial charge >= 0.3 is 184 Å². The van der Waals surface area contributed by atoms with E-state index in [1.165, 1.54) is 44.2 Å². The third kappa shape index (κ3) is 3.78. The molecule has 0 amide bonds. The van der Waals surface area contributed by atoms with Crippen LogP contribution in [0.15, 0.2) is 66.7 Å². The van der Waals surface area contributed by atoms with E-state index in [2.05, 4.69) is 108 Å². The molecule has 0 bridgehead atoms. The van der Waals surface area contributed by atoms with Crippen LogP contribution in [0.25, 0.3) is 10.8 Å². The predicted molar refractivity (Wildman–Crippen MR) is 130 cm³/mol. The molecule has 4 rings (SSSR count). The van der Waals surface area contributed by atoms with Crippen molar-refractivity contribution in [3.63, 3.8) is 0 Å². The van der Waals surface area contributed by atoms with E-state index in [1.54, 1.807) is 9.81 Å². The Bertz CT molecular complexity index is 1110. The van der Waals surface area contributed by atoms with E-state index in [0.29, 0.717) is 0 Å². The number of benzene rings is 4. The molecular weight excluding hydrogens is 545 g/mol. The third-order valence-electron chi connectivity index (χ3n) is 5.73. The van der Waals surface area contributed by atoms with Gasteiger partial charge in [0.1, 0.15) is 0 Å². The number of aryl methyl sites for hydroxylation is 6. The normalized spacial score (nSPS) is 11.4. The number of hydrogen-bond acceptors (Lipinski definition) is 0. The molecule has 0 aromatic heterocycles. The van der Waals surface area contributed by atoms with Crippen LogP contribution in [0, 0.1) is 41.5 Å². The Labute approximate surface area is 183 Å². The first-order chi connectivity index (χ1) is 13.9. The average molecular weight is 575 g/mol. The molecule has 0 aliphatic heterocycles. The first kappa shape index (κ1) is 20.3. The van der Waals surface area contributed by atoms with Gasteiger partial charge in [0.2, 0.25) is 0 Å². The summed E-state index contributed by atoms with van der Waals surface area (Å²) >= 11 is -2.54. The molecular formula is C28H29Bi. The van der Waals surface area contributed by atoms with Crippen molar-refractivity contribution < 1.29 is 0 Å². The van der Waals surface area contributed by atoms with Gasteiger partial charge in [0.25, 0.3) is 0 Å². The Kier molecular flexibility index (Phi) is 5.63. The minimum atomic E-state index is -2.54. The minimum absolute atomic E-state index is 1.36. The topological polar surface area (TPSA) is 0 Å². The van der Waals surface area contributed by atoms with Gasteiger partial charge < -0.3 is 0 Å². The van der Waals surface area contributed by atoms with Crippen LogP contribution in [-0.2, 0) is 0 Å². The van der Waals surface area contributed by atoms with Gasteiger partial charge in [-0.15, -0.1) is 0 Å². The van der Waals surface area contributed by atoms with Gasteiger partial charge in [-0.1, -0.05) is 0 Å². The van der Waals surface area contributed by atoms with E-state index in [9.17, 15) is 0 Å². The van der Waals surface area contributed by atoms with Crippen molar-refractivity contribution in [2.75, 3.05) is 0 Å². The second-order valence-corrected chi connectivity index (χ2v) is 16.3. The molecule has 146 valence electrons. The number of rotatable bonds is 3. The van der Waals surface area contributed by atoms with Crippen LogP contribution in [0.3, 0.4) is 0 Å². The standard InChI is InChI=1S/C10H7.2C9H11.Bi/c1-2-6-10-8-4-3-7-9(10)5-1;2*1-7-4-8(2)6-9(3)5-7;/h1-7H;2*4-5H,1-3H3;. The van der Waals surface area contributed by atoms with Gasteiger partial charge in [-0.3, -0.25) is 0 Å². The van der Waals surface area contributed by atoms with Crippen LogP contribution in [-0.4, -0.2) is 21.8 Å². The molecule has 0 aliphatic carbocycles. The second kappa shape index (κ2) is 8.04. The molecule has 0 N–H and O–H groups in total. The van der Waals surface area contributed by atoms with Crippen molar-refractivity contribution in [1.29, 1.82) is 0 Å². The second-order valence-electron chi connectivity index (χ2n) is 8.33. The third-order valence-corrected chi connectivity index (χ3v) is 18.1. The summed E-state index contributed by atoms with van der Waals surface area (Å²) in [7, 11) is 0. The Balaban J connectivity index is 2.12. The molecule has 4 aromatic carbocycles. The summed E-state index contributed by atoms with van der Waals surface area (Å²) in [5, 5.41) is 2.79. The zero-order valence-electron chi connectivity index (χ0n) is 18.3. The van der Waals surface area contributed by atoms with Gasteiger partial charge in [-0.25, -0.2) is 0 Å². The van der Waals surface area contributed by atoms with E-state index >= 15 is 0 Å². The maximum atomic E-state index is 2.41. The summed E-state index contributed by atoms with van der Waals surface area (Å²) in [4.78, 5) is 0. The van der Waals surface area contributed by atoms with Crippen LogP contribution < -0.4 is 9.81 Å². The first-order valence-electron chi connectivity index (χ1n) is 10.3. The van der Waals surface area contributed by atoms with Gasteiger partial charge in [0, 0.05) is 0 Å². The van der Waals surface area contributed by atoms with Crippen LogP contribution in [0.4, 0.5) is 0 Å². The van der Waals surface area contributed by atoms with Crippen molar-refractivity contribution in [3.05, 3.63) is 100 Å². The molecule has 0 atom stereocenters. The van der Waals surface area contributed by atoms with Crippen molar-refractivity contribution in [3.8, 4) is 0 Å². The average Bonchev–Trinajstić information content (AvgIpc) is 2.65. The van der Waals surface area contributed by atoms with Gasteiger partial charge in [0.05, 0.1) is 0 Å². The molecule has 0 aliphatic rings. The number of fused-ring (bicyclic) bond motifs is 1. The number of hydrogen-bond donors (Lipinski definition) is 0. The molecule has 4 aromatic rings. The molecule has 0 nitrogen and oxygen atoms in total. The van der Waals surface area contributed by atoms with Gasteiger partial charge in [-0.2, -0.15) is 0 Å². The molecule has 0 fully saturated rings. The Morgan fingerprint density at radius 2 is 0.966 bits per heavy atom. The Morgan fingerprint density at radius 3 is 1.48 bits per heavy atom.